The van der Waals surface area contributed by atoms with Crippen molar-refractivity contribution in [2.24, 2.45) is 4.99 Å². The second-order valence-corrected chi connectivity index (χ2v) is 7.61. The summed E-state index contributed by atoms with van der Waals surface area (Å²) in [7, 11) is 0. The molecule has 1 saturated heterocycles. The van der Waals surface area contributed by atoms with Crippen LogP contribution in [0.15, 0.2) is 53.5 Å². The van der Waals surface area contributed by atoms with Crippen molar-refractivity contribution in [1.29, 1.82) is 0 Å². The number of nitrogens with zero attached hydrogens (tertiary/aromatic N) is 2. The molecule has 1 spiro atoms. The zero-order valence-electron chi connectivity index (χ0n) is 15.3. The topological polar surface area (TPSA) is 56.7 Å². The Balaban J connectivity index is 1.60. The number of carbonyl (C=O) groups is 1. The summed E-state index contributed by atoms with van der Waals surface area (Å²) in [4.78, 5) is 18.6. The molecule has 1 amide bonds. The van der Waals surface area contributed by atoms with E-state index in [1.54, 1.807) is 6.92 Å². The summed E-state index contributed by atoms with van der Waals surface area (Å²) in [5, 5.41) is 7.98. The van der Waals surface area contributed by atoms with E-state index in [1.165, 1.54) is 0 Å². The predicted molar refractivity (Wildman–Crippen MR) is 110 cm³/mol. The number of hydrogen-bond acceptors (Lipinski definition) is 4. The molecular weight excluding hydrogens is 360 g/mol. The Morgan fingerprint density at radius 1 is 1.22 bits per heavy atom. The summed E-state index contributed by atoms with van der Waals surface area (Å²) < 4.78 is 0. The number of amides is 1. The number of amidine groups is 1. The fraction of sp³-hybridized carbons (Fsp3) is 0.333. The molecule has 0 unspecified atom stereocenters. The van der Waals surface area contributed by atoms with Crippen molar-refractivity contribution < 1.29 is 4.79 Å². The van der Waals surface area contributed by atoms with E-state index in [-0.39, 0.29) is 11.4 Å². The lowest BCUT2D eigenvalue weighted by molar-refractivity contribution is -0.129. The second-order valence-electron chi connectivity index (χ2n) is 7.17. The van der Waals surface area contributed by atoms with Crippen molar-refractivity contribution >= 4 is 34.7 Å². The SMILES string of the molecule is CC(=O)N1CCC2(CC1)Nc1ccccc1N=C2NCc1cccc(Cl)c1. The maximum Gasteiger partial charge on any atom is 0.219 e. The highest BCUT2D eigenvalue weighted by Crippen LogP contribution is 2.38. The van der Waals surface area contributed by atoms with E-state index in [1.807, 2.05) is 41.3 Å². The normalized spacial score (nSPS) is 17.7. The second kappa shape index (κ2) is 7.24. The van der Waals surface area contributed by atoms with Crippen molar-refractivity contribution in [3.8, 4) is 0 Å². The Morgan fingerprint density at radius 3 is 2.74 bits per heavy atom. The van der Waals surface area contributed by atoms with Crippen LogP contribution in [-0.4, -0.2) is 35.3 Å². The van der Waals surface area contributed by atoms with E-state index in [4.69, 9.17) is 16.6 Å². The molecular formula is C21H23ClN4O. The number of fused-ring (bicyclic) bond motifs is 1. The zero-order valence-corrected chi connectivity index (χ0v) is 16.1. The molecule has 27 heavy (non-hydrogen) atoms. The van der Waals surface area contributed by atoms with Crippen molar-refractivity contribution in [2.45, 2.75) is 31.8 Å². The Morgan fingerprint density at radius 2 is 2.00 bits per heavy atom. The number of hydrogen-bond donors (Lipinski definition) is 2. The lowest BCUT2D eigenvalue weighted by Crippen LogP contribution is -2.59. The van der Waals surface area contributed by atoms with Gasteiger partial charge in [0.15, 0.2) is 0 Å². The number of benzene rings is 2. The van der Waals surface area contributed by atoms with Crippen LogP contribution in [0.2, 0.25) is 5.02 Å². The number of carbonyl (C=O) groups excluding carboxylic acids is 1. The third-order valence-corrected chi connectivity index (χ3v) is 5.61. The molecule has 2 N–H and O–H groups in total. The van der Waals surface area contributed by atoms with Crippen molar-refractivity contribution in [3.05, 3.63) is 59.1 Å². The first-order valence-corrected chi connectivity index (χ1v) is 9.64. The van der Waals surface area contributed by atoms with E-state index in [0.29, 0.717) is 6.54 Å². The molecule has 2 aliphatic rings. The van der Waals surface area contributed by atoms with Crippen LogP contribution in [0.25, 0.3) is 0 Å². The first-order chi connectivity index (χ1) is 13.1. The van der Waals surface area contributed by atoms with Gasteiger partial charge in [-0.3, -0.25) is 4.79 Å². The minimum atomic E-state index is -0.279. The summed E-state index contributed by atoms with van der Waals surface area (Å²) in [6.45, 7) is 3.74. The van der Waals surface area contributed by atoms with Crippen LogP contribution in [0.4, 0.5) is 11.4 Å². The average molecular weight is 383 g/mol. The van der Waals surface area contributed by atoms with Crippen LogP contribution in [0.1, 0.15) is 25.3 Å². The van der Waals surface area contributed by atoms with Gasteiger partial charge in [0, 0.05) is 31.6 Å². The smallest absolute Gasteiger partial charge is 0.219 e. The van der Waals surface area contributed by atoms with Crippen LogP contribution >= 0.6 is 11.6 Å². The highest BCUT2D eigenvalue weighted by Gasteiger charge is 2.42. The molecule has 2 aromatic rings. The maximum absolute atomic E-state index is 11.7. The first kappa shape index (κ1) is 17.9. The summed E-state index contributed by atoms with van der Waals surface area (Å²) in [6.07, 6.45) is 1.64. The van der Waals surface area contributed by atoms with Gasteiger partial charge in [0.05, 0.1) is 16.9 Å². The fourth-order valence-electron chi connectivity index (χ4n) is 3.83. The fourth-order valence-corrected chi connectivity index (χ4v) is 4.04. The van der Waals surface area contributed by atoms with E-state index in [0.717, 1.165) is 53.7 Å². The van der Waals surface area contributed by atoms with Gasteiger partial charge < -0.3 is 15.5 Å². The number of aliphatic imine (C=N–C) groups is 1. The largest absolute Gasteiger partial charge is 0.371 e. The Bertz CT molecular complexity index is 887. The molecule has 6 heteroatoms. The Labute approximate surface area is 164 Å². The lowest BCUT2D eigenvalue weighted by atomic mass is 9.84. The van der Waals surface area contributed by atoms with Crippen LogP contribution in [0, 0.1) is 0 Å². The number of rotatable bonds is 2. The Hall–Kier alpha value is -2.53. The molecule has 4 rings (SSSR count). The molecule has 0 atom stereocenters. The third kappa shape index (κ3) is 3.65. The molecule has 0 radical (unpaired) electrons. The number of piperidine rings is 1. The standard InChI is InChI=1S/C21H23ClN4O/c1-15(27)26-11-9-21(10-12-26)20(23-14-16-5-4-6-17(22)13-16)24-18-7-2-3-8-19(18)25-21/h2-8,13,25H,9-12,14H2,1H3,(H,23,24). The van der Waals surface area contributed by atoms with Gasteiger partial charge in [-0.2, -0.15) is 0 Å². The monoisotopic (exact) mass is 382 g/mol. The zero-order chi connectivity index (χ0) is 18.9. The minimum absolute atomic E-state index is 0.131. The van der Waals surface area contributed by atoms with Gasteiger partial charge in [0.2, 0.25) is 5.91 Å². The van der Waals surface area contributed by atoms with Gasteiger partial charge in [0.1, 0.15) is 5.84 Å². The molecule has 140 valence electrons. The molecule has 2 aromatic carbocycles. The number of nitrogens with one attached hydrogen (secondary N) is 2. The molecule has 2 heterocycles. The van der Waals surface area contributed by atoms with Crippen LogP contribution < -0.4 is 10.6 Å². The summed E-state index contributed by atoms with van der Waals surface area (Å²) in [5.74, 6) is 1.07. The van der Waals surface area contributed by atoms with Crippen LogP contribution in [0.3, 0.4) is 0 Å². The van der Waals surface area contributed by atoms with Crippen molar-refractivity contribution in [2.75, 3.05) is 18.4 Å². The summed E-state index contributed by atoms with van der Waals surface area (Å²) >= 11 is 6.11. The molecule has 0 aromatic heterocycles. The summed E-state index contributed by atoms with van der Waals surface area (Å²) in [6, 6.07) is 15.9. The van der Waals surface area contributed by atoms with Crippen LogP contribution in [-0.2, 0) is 11.3 Å². The van der Waals surface area contributed by atoms with Gasteiger partial charge >= 0.3 is 0 Å². The first-order valence-electron chi connectivity index (χ1n) is 9.26. The molecule has 2 aliphatic heterocycles. The number of anilines is 1. The number of para-hydroxylation sites is 2. The highest BCUT2D eigenvalue weighted by molar-refractivity contribution is 6.30. The predicted octanol–water partition coefficient (Wildman–Crippen LogP) is 3.97. The highest BCUT2D eigenvalue weighted by atomic mass is 35.5. The minimum Gasteiger partial charge on any atom is -0.371 e. The van der Waals surface area contributed by atoms with E-state index in [9.17, 15) is 4.79 Å². The Kier molecular flexibility index (Phi) is 4.79. The van der Waals surface area contributed by atoms with Crippen LogP contribution in [0.5, 0.6) is 0 Å². The van der Waals surface area contributed by atoms with Gasteiger partial charge in [0.25, 0.3) is 0 Å². The van der Waals surface area contributed by atoms with Gasteiger partial charge in [-0.05, 0) is 42.7 Å². The summed E-state index contributed by atoms with van der Waals surface area (Å²) in [5.41, 5.74) is 2.81. The van der Waals surface area contributed by atoms with Crippen molar-refractivity contribution in [1.82, 2.24) is 10.2 Å². The lowest BCUT2D eigenvalue weighted by Gasteiger charge is -2.45. The van der Waals surface area contributed by atoms with E-state index >= 15 is 0 Å². The quantitative estimate of drug-likeness (QED) is 0.826. The van der Waals surface area contributed by atoms with E-state index < -0.39 is 0 Å². The molecule has 0 aliphatic carbocycles. The maximum atomic E-state index is 11.7. The molecule has 0 bridgehead atoms. The number of likely N-dealkylation sites (tertiary alicyclic amines) is 1. The molecule has 1 fully saturated rings. The van der Waals surface area contributed by atoms with Crippen molar-refractivity contribution in [3.63, 3.8) is 0 Å². The molecule has 5 nitrogen and oxygen atoms in total. The third-order valence-electron chi connectivity index (χ3n) is 5.37. The molecule has 0 saturated carbocycles. The van der Waals surface area contributed by atoms with Gasteiger partial charge in [-0.15, -0.1) is 0 Å². The van der Waals surface area contributed by atoms with Gasteiger partial charge in [-0.1, -0.05) is 35.9 Å². The van der Waals surface area contributed by atoms with Gasteiger partial charge in [-0.25, -0.2) is 4.99 Å². The van der Waals surface area contributed by atoms with E-state index in [2.05, 4.69) is 22.8 Å². The number of halogens is 1. The average Bonchev–Trinajstić information content (AvgIpc) is 2.67.